The van der Waals surface area contributed by atoms with E-state index in [1.54, 1.807) is 12.1 Å². The fraction of sp³-hybridized carbons (Fsp3) is 0.400. The van der Waals surface area contributed by atoms with Gasteiger partial charge in [0.2, 0.25) is 0 Å². The van der Waals surface area contributed by atoms with E-state index in [1.165, 1.54) is 19.1 Å². The topological polar surface area (TPSA) is 63.5 Å². The van der Waals surface area contributed by atoms with Crippen molar-refractivity contribution >= 4 is 16.8 Å². The largest absolute Gasteiger partial charge is 0.494 e. The zero-order valence-corrected chi connectivity index (χ0v) is 19.5. The van der Waals surface area contributed by atoms with Gasteiger partial charge in [0, 0.05) is 16.9 Å². The van der Waals surface area contributed by atoms with Crippen molar-refractivity contribution < 1.29 is 45.4 Å². The number of aromatic hydroxyl groups is 1. The predicted molar refractivity (Wildman–Crippen MR) is 120 cm³/mol. The van der Waals surface area contributed by atoms with Gasteiger partial charge in [0.25, 0.3) is 0 Å². The summed E-state index contributed by atoms with van der Waals surface area (Å²) in [6, 6.07) is 7.80. The van der Waals surface area contributed by atoms with Crippen molar-refractivity contribution in [3.8, 4) is 5.88 Å². The van der Waals surface area contributed by atoms with Crippen LogP contribution in [0.2, 0.25) is 0 Å². The first kappa shape index (κ1) is 26.9. The first-order valence-electron chi connectivity index (χ1n) is 11.4. The smallest absolute Gasteiger partial charge is 0.472 e. The molecule has 4 rings (SSSR count). The summed E-state index contributed by atoms with van der Waals surface area (Å²) in [5.74, 6) is -4.10. The Morgan fingerprint density at radius 3 is 2.27 bits per heavy atom. The molecule has 0 radical (unpaired) electrons. The van der Waals surface area contributed by atoms with Crippen LogP contribution in [-0.2, 0) is 16.3 Å². The molecule has 1 fully saturated rings. The number of rotatable bonds is 5. The molecule has 5 nitrogen and oxygen atoms in total. The number of hydrogen-bond acceptors (Lipinski definition) is 4. The van der Waals surface area contributed by atoms with Crippen LogP contribution in [0.4, 0.5) is 30.7 Å². The number of carbonyl (C=O) groups is 1. The molecule has 12 heteroatoms. The van der Waals surface area contributed by atoms with Gasteiger partial charge in [-0.1, -0.05) is 12.1 Å². The lowest BCUT2D eigenvalue weighted by Gasteiger charge is -2.39. The maximum absolute atomic E-state index is 13.7. The van der Waals surface area contributed by atoms with Gasteiger partial charge in [-0.2, -0.15) is 26.3 Å². The average Bonchev–Trinajstić information content (AvgIpc) is 3.16. The van der Waals surface area contributed by atoms with Gasteiger partial charge in [0.15, 0.2) is 5.88 Å². The summed E-state index contributed by atoms with van der Waals surface area (Å²) < 4.78 is 99.7. The Balaban J connectivity index is 1.75. The maximum atomic E-state index is 13.7. The van der Waals surface area contributed by atoms with Crippen molar-refractivity contribution in [3.63, 3.8) is 0 Å². The fourth-order valence-corrected chi connectivity index (χ4v) is 4.76. The molecule has 1 aliphatic rings. The van der Waals surface area contributed by atoms with Crippen molar-refractivity contribution in [1.29, 1.82) is 0 Å². The van der Waals surface area contributed by atoms with Crippen LogP contribution >= 0.6 is 0 Å². The number of aromatic nitrogens is 1. The van der Waals surface area contributed by atoms with Gasteiger partial charge in [-0.25, -0.2) is 8.96 Å². The standard InChI is InChI=1S/C25H23F7N2O3/c1-14(37-13-23(6-8-33-9-7-23)15-2-4-17(26)5-3-15)18-10-16(24(27,28)29)11-20-19(18)12-21(35)34(20)22(36)25(30,31)32/h2-5,10-12,14,33,35H,6-9,13H2,1H3. The highest BCUT2D eigenvalue weighted by Gasteiger charge is 2.43. The molecule has 200 valence electrons. The predicted octanol–water partition coefficient (Wildman–Crippen LogP) is 6.11. The van der Waals surface area contributed by atoms with E-state index in [9.17, 15) is 40.6 Å². The second-order valence-electron chi connectivity index (χ2n) is 9.13. The summed E-state index contributed by atoms with van der Waals surface area (Å²) in [6.45, 7) is 2.72. The zero-order valence-electron chi connectivity index (χ0n) is 19.5. The Labute approximate surface area is 206 Å². The van der Waals surface area contributed by atoms with Crippen LogP contribution < -0.4 is 5.32 Å². The van der Waals surface area contributed by atoms with Crippen molar-refractivity contribution in [3.05, 3.63) is 65.0 Å². The van der Waals surface area contributed by atoms with Crippen LogP contribution in [0, 0.1) is 5.82 Å². The van der Waals surface area contributed by atoms with E-state index in [4.69, 9.17) is 4.74 Å². The normalized spacial score (nSPS) is 17.2. The molecule has 1 aromatic heterocycles. The second-order valence-corrected chi connectivity index (χ2v) is 9.13. The minimum Gasteiger partial charge on any atom is -0.494 e. The van der Waals surface area contributed by atoms with Crippen molar-refractivity contribution in [2.75, 3.05) is 19.7 Å². The molecule has 2 heterocycles. The molecule has 0 amide bonds. The number of hydrogen-bond donors (Lipinski definition) is 2. The van der Waals surface area contributed by atoms with Gasteiger partial charge < -0.3 is 15.2 Å². The van der Waals surface area contributed by atoms with Gasteiger partial charge >= 0.3 is 18.3 Å². The van der Waals surface area contributed by atoms with E-state index in [1.807, 2.05) is 0 Å². The molecule has 1 saturated heterocycles. The lowest BCUT2D eigenvalue weighted by atomic mass is 9.74. The van der Waals surface area contributed by atoms with E-state index in [0.29, 0.717) is 32.0 Å². The van der Waals surface area contributed by atoms with Crippen LogP contribution in [0.15, 0.2) is 42.5 Å². The van der Waals surface area contributed by atoms with Crippen molar-refractivity contribution in [2.24, 2.45) is 0 Å². The number of nitrogens with one attached hydrogen (secondary N) is 1. The molecule has 3 aromatic rings. The number of ether oxygens (including phenoxy) is 1. The average molecular weight is 532 g/mol. The Kier molecular flexibility index (Phi) is 7.02. The third-order valence-electron chi connectivity index (χ3n) is 6.77. The van der Waals surface area contributed by atoms with Crippen LogP contribution in [-0.4, -0.2) is 41.5 Å². The van der Waals surface area contributed by atoms with Gasteiger partial charge in [-0.15, -0.1) is 0 Å². The molecule has 0 spiro atoms. The maximum Gasteiger partial charge on any atom is 0.472 e. The highest BCUT2D eigenvalue weighted by atomic mass is 19.4. The van der Waals surface area contributed by atoms with Gasteiger partial charge in [-0.3, -0.25) is 4.79 Å². The van der Waals surface area contributed by atoms with Crippen LogP contribution in [0.1, 0.15) is 47.4 Å². The number of piperidine rings is 1. The zero-order chi connectivity index (χ0) is 27.2. The number of halogens is 7. The molecule has 0 saturated carbocycles. The van der Waals surface area contributed by atoms with E-state index >= 15 is 0 Å². The Hall–Kier alpha value is -3.12. The monoisotopic (exact) mass is 532 g/mol. The molecule has 2 aromatic carbocycles. The molecule has 1 unspecified atom stereocenters. The lowest BCUT2D eigenvalue weighted by molar-refractivity contribution is -0.137. The van der Waals surface area contributed by atoms with E-state index in [0.717, 1.165) is 17.7 Å². The van der Waals surface area contributed by atoms with Gasteiger partial charge in [0.05, 0.1) is 23.8 Å². The molecular formula is C25H23F7N2O3. The molecule has 2 N–H and O–H groups in total. The van der Waals surface area contributed by atoms with Gasteiger partial charge in [-0.05, 0) is 68.2 Å². The van der Waals surface area contributed by atoms with E-state index in [-0.39, 0.29) is 22.1 Å². The molecule has 37 heavy (non-hydrogen) atoms. The Morgan fingerprint density at radius 2 is 1.70 bits per heavy atom. The molecule has 1 aliphatic heterocycles. The summed E-state index contributed by atoms with van der Waals surface area (Å²) in [6.07, 6.45) is -10.2. The minimum absolute atomic E-state index is 0.0351. The summed E-state index contributed by atoms with van der Waals surface area (Å²) >= 11 is 0. The van der Waals surface area contributed by atoms with Crippen molar-refractivity contribution in [1.82, 2.24) is 9.88 Å². The molecule has 1 atom stereocenters. The number of fused-ring (bicyclic) bond motifs is 1. The summed E-state index contributed by atoms with van der Waals surface area (Å²) in [4.78, 5) is 11.9. The minimum atomic E-state index is -5.43. The quantitative estimate of drug-likeness (QED) is 0.390. The third kappa shape index (κ3) is 5.30. The van der Waals surface area contributed by atoms with Crippen LogP contribution in [0.5, 0.6) is 5.88 Å². The van der Waals surface area contributed by atoms with Crippen LogP contribution in [0.3, 0.4) is 0 Å². The Morgan fingerprint density at radius 1 is 1.08 bits per heavy atom. The second kappa shape index (κ2) is 9.64. The fourth-order valence-electron chi connectivity index (χ4n) is 4.76. The first-order valence-corrected chi connectivity index (χ1v) is 11.4. The highest BCUT2D eigenvalue weighted by Crippen LogP contribution is 2.41. The van der Waals surface area contributed by atoms with Gasteiger partial charge in [0.1, 0.15) is 5.82 Å². The first-order chi connectivity index (χ1) is 17.2. The molecule has 0 aliphatic carbocycles. The number of nitrogens with zero attached hydrogens (tertiary/aromatic N) is 1. The third-order valence-corrected chi connectivity index (χ3v) is 6.77. The number of benzene rings is 2. The highest BCUT2D eigenvalue weighted by molar-refractivity contribution is 5.98. The molecular weight excluding hydrogens is 509 g/mol. The van der Waals surface area contributed by atoms with Crippen molar-refractivity contribution in [2.45, 2.75) is 43.6 Å². The summed E-state index contributed by atoms with van der Waals surface area (Å²) in [7, 11) is 0. The number of alkyl halides is 6. The summed E-state index contributed by atoms with van der Waals surface area (Å²) in [5, 5.41) is 13.1. The lowest BCUT2D eigenvalue weighted by Crippen LogP contribution is -2.43. The van der Waals surface area contributed by atoms with E-state index in [2.05, 4.69) is 5.32 Å². The van der Waals surface area contributed by atoms with Crippen LogP contribution in [0.25, 0.3) is 10.9 Å². The van der Waals surface area contributed by atoms with E-state index < -0.39 is 52.6 Å². The Bertz CT molecular complexity index is 1290. The SMILES string of the molecule is CC(OCC1(c2ccc(F)cc2)CCNCC1)c1cc(C(F)(F)F)cc2c1cc(O)n2C(=O)C(F)(F)F. The number of carbonyl (C=O) groups excluding carboxylic acids is 1. The summed E-state index contributed by atoms with van der Waals surface area (Å²) in [5.41, 5.74) is -1.97. The molecule has 0 bridgehead atoms.